The lowest BCUT2D eigenvalue weighted by atomic mass is 9.96. The summed E-state index contributed by atoms with van der Waals surface area (Å²) < 4.78 is 6.60. The summed E-state index contributed by atoms with van der Waals surface area (Å²) in [6.45, 7) is 2.21. The molecule has 4 nitrogen and oxygen atoms in total. The number of fused-ring (bicyclic) bond motifs is 1. The molecule has 6 heteroatoms. The molecular formula is C28H27BrN2O2S. The van der Waals surface area contributed by atoms with Crippen molar-refractivity contribution in [1.29, 1.82) is 0 Å². The van der Waals surface area contributed by atoms with Gasteiger partial charge < -0.3 is 10.1 Å². The number of amides is 1. The zero-order valence-corrected chi connectivity index (χ0v) is 21.6. The number of hydrogen-bond donors (Lipinski definition) is 1. The molecule has 1 heterocycles. The quantitative estimate of drug-likeness (QED) is 0.263. The summed E-state index contributed by atoms with van der Waals surface area (Å²) in [6.07, 6.45) is 13.7. The van der Waals surface area contributed by atoms with Crippen molar-refractivity contribution in [2.24, 2.45) is 4.99 Å². The van der Waals surface area contributed by atoms with Gasteiger partial charge in [0, 0.05) is 26.8 Å². The zero-order chi connectivity index (χ0) is 23.9. The van der Waals surface area contributed by atoms with E-state index in [1.807, 2.05) is 49.4 Å². The molecule has 0 bridgehead atoms. The molecule has 1 aromatic heterocycles. The fourth-order valence-electron chi connectivity index (χ4n) is 4.06. The van der Waals surface area contributed by atoms with E-state index in [1.54, 1.807) is 17.6 Å². The smallest absolute Gasteiger partial charge is 0.259 e. The molecule has 0 spiro atoms. The molecule has 1 amide bonds. The zero-order valence-electron chi connectivity index (χ0n) is 19.2. The molecule has 0 fully saturated rings. The topological polar surface area (TPSA) is 50.7 Å². The number of aliphatic imine (C=N–C) groups is 1. The maximum Gasteiger partial charge on any atom is 0.259 e. The summed E-state index contributed by atoms with van der Waals surface area (Å²) in [5.41, 5.74) is 4.59. The average molecular weight is 536 g/mol. The van der Waals surface area contributed by atoms with Gasteiger partial charge in [-0.1, -0.05) is 52.4 Å². The predicted octanol–water partition coefficient (Wildman–Crippen LogP) is 7.49. The van der Waals surface area contributed by atoms with E-state index >= 15 is 0 Å². The van der Waals surface area contributed by atoms with Crippen molar-refractivity contribution in [3.8, 4) is 18.1 Å². The van der Waals surface area contributed by atoms with Crippen LogP contribution in [-0.4, -0.2) is 18.7 Å². The van der Waals surface area contributed by atoms with E-state index in [9.17, 15) is 4.79 Å². The van der Waals surface area contributed by atoms with Crippen molar-refractivity contribution < 1.29 is 9.53 Å². The first-order valence-electron chi connectivity index (χ1n) is 11.5. The largest absolute Gasteiger partial charge is 0.480 e. The van der Waals surface area contributed by atoms with Gasteiger partial charge in [0.1, 0.15) is 17.4 Å². The highest BCUT2D eigenvalue weighted by Gasteiger charge is 2.24. The van der Waals surface area contributed by atoms with Gasteiger partial charge in [-0.3, -0.25) is 4.79 Å². The highest BCUT2D eigenvalue weighted by molar-refractivity contribution is 9.10. The normalized spacial score (nSPS) is 13.6. The minimum atomic E-state index is -0.105. The maximum absolute atomic E-state index is 13.5. The Morgan fingerprint density at radius 1 is 1.18 bits per heavy atom. The number of hydrogen-bond acceptors (Lipinski definition) is 4. The third-order valence-electron chi connectivity index (χ3n) is 5.79. The van der Waals surface area contributed by atoms with Crippen LogP contribution in [0, 0.1) is 19.3 Å². The van der Waals surface area contributed by atoms with Crippen molar-refractivity contribution in [3.63, 3.8) is 0 Å². The minimum Gasteiger partial charge on any atom is -0.480 e. The monoisotopic (exact) mass is 534 g/mol. The molecule has 1 aliphatic carbocycles. The second-order valence-electron chi connectivity index (χ2n) is 8.35. The van der Waals surface area contributed by atoms with Gasteiger partial charge in [-0.25, -0.2) is 4.99 Å². The first kappa shape index (κ1) is 24.3. The van der Waals surface area contributed by atoms with E-state index in [-0.39, 0.29) is 12.5 Å². The van der Waals surface area contributed by atoms with E-state index in [2.05, 4.69) is 27.2 Å². The fraction of sp³-hybridized carbons (Fsp3) is 0.286. The molecule has 2 aromatic carbocycles. The van der Waals surface area contributed by atoms with Crippen LogP contribution in [0.5, 0.6) is 5.75 Å². The molecular weight excluding hydrogens is 508 g/mol. The van der Waals surface area contributed by atoms with E-state index in [0.717, 1.165) is 57.5 Å². The molecule has 1 aliphatic rings. The van der Waals surface area contributed by atoms with Gasteiger partial charge in [-0.2, -0.15) is 0 Å². The second-order valence-corrected chi connectivity index (χ2v) is 10.4. The maximum atomic E-state index is 13.5. The minimum absolute atomic E-state index is 0.105. The number of terminal acetylenes is 1. The number of ether oxygens (including phenoxy) is 1. The van der Waals surface area contributed by atoms with Gasteiger partial charge in [-0.15, -0.1) is 17.8 Å². The van der Waals surface area contributed by atoms with Crippen LogP contribution >= 0.6 is 27.3 Å². The number of carbonyl (C=O) groups is 1. The van der Waals surface area contributed by atoms with Crippen molar-refractivity contribution in [2.45, 2.75) is 45.4 Å². The van der Waals surface area contributed by atoms with Crippen LogP contribution in [0.4, 0.5) is 10.7 Å². The Labute approximate surface area is 213 Å². The molecule has 174 valence electrons. The number of benzene rings is 2. The lowest BCUT2D eigenvalue weighted by Gasteiger charge is -2.12. The number of halogens is 1. The Kier molecular flexibility index (Phi) is 8.21. The second kappa shape index (κ2) is 11.5. The Morgan fingerprint density at radius 2 is 1.94 bits per heavy atom. The predicted molar refractivity (Wildman–Crippen MR) is 145 cm³/mol. The molecule has 0 saturated carbocycles. The number of anilines is 1. The van der Waals surface area contributed by atoms with Crippen molar-refractivity contribution in [1.82, 2.24) is 0 Å². The van der Waals surface area contributed by atoms with Crippen LogP contribution < -0.4 is 10.1 Å². The summed E-state index contributed by atoms with van der Waals surface area (Å²) in [5.74, 6) is 3.05. The molecule has 0 atom stereocenters. The molecule has 0 unspecified atom stereocenters. The summed E-state index contributed by atoms with van der Waals surface area (Å²) in [7, 11) is 0. The van der Waals surface area contributed by atoms with Crippen LogP contribution in [0.15, 0.2) is 51.9 Å². The van der Waals surface area contributed by atoms with Crippen LogP contribution in [0.2, 0.25) is 0 Å². The number of nitrogens with zero attached hydrogens (tertiary/aromatic N) is 1. The number of rotatable bonds is 6. The molecule has 1 N–H and O–H groups in total. The third kappa shape index (κ3) is 5.97. The molecule has 34 heavy (non-hydrogen) atoms. The van der Waals surface area contributed by atoms with Gasteiger partial charge in [0.2, 0.25) is 0 Å². The van der Waals surface area contributed by atoms with Crippen LogP contribution in [0.3, 0.4) is 0 Å². The molecule has 0 radical (unpaired) electrons. The summed E-state index contributed by atoms with van der Waals surface area (Å²) in [4.78, 5) is 19.6. The third-order valence-corrected chi connectivity index (χ3v) is 7.49. The Hall–Kier alpha value is -2.88. The number of thiophene rings is 1. The lowest BCUT2D eigenvalue weighted by Crippen LogP contribution is -2.14. The van der Waals surface area contributed by atoms with Gasteiger partial charge in [0.15, 0.2) is 0 Å². The average Bonchev–Trinajstić information content (AvgIpc) is 3.14. The number of nitrogens with one attached hydrogen (secondary N) is 1. The highest BCUT2D eigenvalue weighted by Crippen LogP contribution is 2.39. The summed E-state index contributed by atoms with van der Waals surface area (Å²) in [5, 5.41) is 3.82. The summed E-state index contributed by atoms with van der Waals surface area (Å²) in [6, 6.07) is 13.6. The standard InChI is InChI=1S/C28H27BrN2O2S/c1-3-16-33-24-15-12-21(29)17-20(24)18-30-28-26(23-8-6-4-5-7-9-25(23)34-28)27(32)31-22-13-10-19(2)11-14-22/h1,10-15,17-18H,4-9,16H2,2H3,(H,31,32). The van der Waals surface area contributed by atoms with Gasteiger partial charge in [0.05, 0.1) is 5.56 Å². The van der Waals surface area contributed by atoms with E-state index < -0.39 is 0 Å². The van der Waals surface area contributed by atoms with E-state index in [4.69, 9.17) is 16.2 Å². The van der Waals surface area contributed by atoms with Gasteiger partial charge in [0.25, 0.3) is 5.91 Å². The lowest BCUT2D eigenvalue weighted by molar-refractivity contribution is 0.102. The van der Waals surface area contributed by atoms with E-state index in [0.29, 0.717) is 11.3 Å². The molecule has 4 rings (SSSR count). The Bertz CT molecular complexity index is 1240. The fourth-order valence-corrected chi connectivity index (χ4v) is 5.67. The van der Waals surface area contributed by atoms with Crippen LogP contribution in [0.25, 0.3) is 0 Å². The van der Waals surface area contributed by atoms with Crippen molar-refractivity contribution >= 4 is 50.1 Å². The van der Waals surface area contributed by atoms with Gasteiger partial charge in [-0.05, 0) is 68.5 Å². The summed E-state index contributed by atoms with van der Waals surface area (Å²) >= 11 is 5.14. The Balaban J connectivity index is 1.71. The first-order valence-corrected chi connectivity index (χ1v) is 13.1. The van der Waals surface area contributed by atoms with Crippen LogP contribution in [0.1, 0.15) is 57.6 Å². The van der Waals surface area contributed by atoms with Crippen LogP contribution in [-0.2, 0) is 12.8 Å². The van der Waals surface area contributed by atoms with E-state index in [1.165, 1.54) is 17.7 Å². The SMILES string of the molecule is C#CCOc1ccc(Br)cc1C=Nc1sc2c(c1C(=O)Nc1ccc(C)cc1)CCCCCC2. The Morgan fingerprint density at radius 3 is 2.71 bits per heavy atom. The van der Waals surface area contributed by atoms with Crippen molar-refractivity contribution in [3.05, 3.63) is 74.1 Å². The molecule has 0 saturated heterocycles. The number of carbonyl (C=O) groups excluding carboxylic acids is 1. The number of aryl methyl sites for hydroxylation is 2. The first-order chi connectivity index (χ1) is 16.5. The highest BCUT2D eigenvalue weighted by atomic mass is 79.9. The van der Waals surface area contributed by atoms with Crippen molar-refractivity contribution in [2.75, 3.05) is 11.9 Å². The van der Waals surface area contributed by atoms with Gasteiger partial charge >= 0.3 is 0 Å². The molecule has 3 aromatic rings. The molecule has 0 aliphatic heterocycles.